The van der Waals surface area contributed by atoms with Crippen LogP contribution in [0.5, 0.6) is 5.88 Å². The van der Waals surface area contributed by atoms with E-state index in [1.807, 2.05) is 0 Å². The molecule has 0 saturated carbocycles. The topological polar surface area (TPSA) is 83.3 Å². The smallest absolute Gasteiger partial charge is 0.264 e. The molecular formula is C11H6Cl2N4O2. The fourth-order valence-corrected chi connectivity index (χ4v) is 2.18. The van der Waals surface area contributed by atoms with Crippen LogP contribution in [-0.2, 0) is 0 Å². The van der Waals surface area contributed by atoms with Crippen LogP contribution in [0, 0.1) is 0 Å². The van der Waals surface area contributed by atoms with Crippen LogP contribution < -0.4 is 5.56 Å². The minimum Gasteiger partial charge on any atom is -0.493 e. The summed E-state index contributed by atoms with van der Waals surface area (Å²) in [5, 5.41) is 14.2. The molecule has 0 aliphatic rings. The van der Waals surface area contributed by atoms with E-state index in [0.29, 0.717) is 10.6 Å². The van der Waals surface area contributed by atoms with Gasteiger partial charge in [-0.15, -0.1) is 5.10 Å². The molecule has 3 rings (SSSR count). The molecule has 0 spiro atoms. The molecule has 19 heavy (non-hydrogen) atoms. The summed E-state index contributed by atoms with van der Waals surface area (Å²) in [5.74, 6) is -0.311. The first-order valence-corrected chi connectivity index (χ1v) is 5.96. The van der Waals surface area contributed by atoms with E-state index in [1.165, 1.54) is 0 Å². The minimum atomic E-state index is -0.526. The maximum atomic E-state index is 12.0. The first-order valence-electron chi connectivity index (χ1n) is 5.20. The van der Waals surface area contributed by atoms with Crippen LogP contribution in [0.15, 0.2) is 29.1 Å². The molecule has 0 radical (unpaired) electrons. The predicted octanol–water partition coefficient (Wildman–Crippen LogP) is 2.10. The highest BCUT2D eigenvalue weighted by atomic mass is 35.5. The molecule has 2 aromatic heterocycles. The number of halogens is 2. The summed E-state index contributed by atoms with van der Waals surface area (Å²) < 4.78 is 1.04. The zero-order chi connectivity index (χ0) is 13.6. The molecule has 2 N–H and O–H groups in total. The molecule has 0 aliphatic carbocycles. The Hall–Kier alpha value is -2.05. The van der Waals surface area contributed by atoms with Crippen molar-refractivity contribution in [3.8, 4) is 17.0 Å². The Labute approximate surface area is 116 Å². The third kappa shape index (κ3) is 1.85. The van der Waals surface area contributed by atoms with Gasteiger partial charge in [0.1, 0.15) is 5.56 Å². The highest BCUT2D eigenvalue weighted by Crippen LogP contribution is 2.30. The third-order valence-electron chi connectivity index (χ3n) is 2.60. The van der Waals surface area contributed by atoms with E-state index >= 15 is 0 Å². The van der Waals surface area contributed by atoms with Gasteiger partial charge in [0.05, 0.1) is 0 Å². The number of hydrogen-bond acceptors (Lipinski definition) is 4. The first kappa shape index (κ1) is 12.0. The van der Waals surface area contributed by atoms with Crippen molar-refractivity contribution >= 4 is 29.0 Å². The largest absolute Gasteiger partial charge is 0.493 e. The zero-order valence-corrected chi connectivity index (χ0v) is 10.8. The van der Waals surface area contributed by atoms with Crippen molar-refractivity contribution in [1.82, 2.24) is 19.6 Å². The SMILES string of the molecule is O=c1[nH]c2nc(Cl)nn2c(O)c1-c1ccccc1Cl. The first-order chi connectivity index (χ1) is 9.08. The maximum Gasteiger partial charge on any atom is 0.264 e. The standard InChI is InChI=1S/C11H6Cl2N4O2/c12-6-4-2-1-3-5(6)7-8(18)14-11-15-10(13)16-17(11)9(7)19/h1-4,19H,(H,14,15,16,18). The molecule has 1 aromatic carbocycles. The second-order valence-electron chi connectivity index (χ2n) is 3.75. The third-order valence-corrected chi connectivity index (χ3v) is 3.09. The number of benzene rings is 1. The summed E-state index contributed by atoms with van der Waals surface area (Å²) in [6.07, 6.45) is 0. The average Bonchev–Trinajstić information content (AvgIpc) is 2.72. The second kappa shape index (κ2) is 4.25. The summed E-state index contributed by atoms with van der Waals surface area (Å²) >= 11 is 11.7. The Balaban J connectivity index is 2.42. The molecule has 0 unspecified atom stereocenters. The highest BCUT2D eigenvalue weighted by Gasteiger charge is 2.18. The van der Waals surface area contributed by atoms with E-state index in [-0.39, 0.29) is 22.5 Å². The van der Waals surface area contributed by atoms with Crippen molar-refractivity contribution in [2.24, 2.45) is 0 Å². The molecule has 0 bridgehead atoms. The molecule has 0 fully saturated rings. The van der Waals surface area contributed by atoms with Crippen LogP contribution in [0.2, 0.25) is 10.3 Å². The molecule has 2 heterocycles. The average molecular weight is 297 g/mol. The lowest BCUT2D eigenvalue weighted by molar-refractivity contribution is 0.436. The van der Waals surface area contributed by atoms with E-state index in [1.54, 1.807) is 24.3 Å². The van der Waals surface area contributed by atoms with E-state index < -0.39 is 5.56 Å². The van der Waals surface area contributed by atoms with Crippen LogP contribution in [-0.4, -0.2) is 24.7 Å². The minimum absolute atomic E-state index is 0.0136. The highest BCUT2D eigenvalue weighted by molar-refractivity contribution is 6.33. The Kier molecular flexibility index (Phi) is 2.69. The van der Waals surface area contributed by atoms with Gasteiger partial charge in [-0.1, -0.05) is 29.8 Å². The van der Waals surface area contributed by atoms with E-state index in [9.17, 15) is 9.90 Å². The maximum absolute atomic E-state index is 12.0. The van der Waals surface area contributed by atoms with Crippen molar-refractivity contribution in [1.29, 1.82) is 0 Å². The lowest BCUT2D eigenvalue weighted by atomic mass is 10.1. The Morgan fingerprint density at radius 1 is 1.26 bits per heavy atom. The van der Waals surface area contributed by atoms with Crippen LogP contribution in [0.1, 0.15) is 0 Å². The number of aromatic hydroxyl groups is 1. The lowest BCUT2D eigenvalue weighted by Crippen LogP contribution is -2.13. The Morgan fingerprint density at radius 2 is 2.00 bits per heavy atom. The normalized spacial score (nSPS) is 11.1. The van der Waals surface area contributed by atoms with Crippen molar-refractivity contribution < 1.29 is 5.11 Å². The number of nitrogens with zero attached hydrogens (tertiary/aromatic N) is 3. The molecule has 0 aliphatic heterocycles. The molecule has 8 heteroatoms. The Bertz CT molecular complexity index is 840. The summed E-state index contributed by atoms with van der Waals surface area (Å²) in [6.45, 7) is 0. The van der Waals surface area contributed by atoms with Crippen molar-refractivity contribution in [2.45, 2.75) is 0 Å². The predicted molar refractivity (Wildman–Crippen MR) is 70.7 cm³/mol. The van der Waals surface area contributed by atoms with Gasteiger partial charge in [0.2, 0.25) is 16.9 Å². The molecule has 0 amide bonds. The number of rotatable bonds is 1. The van der Waals surface area contributed by atoms with Gasteiger partial charge in [0.25, 0.3) is 5.56 Å². The van der Waals surface area contributed by atoms with Crippen LogP contribution in [0.25, 0.3) is 16.9 Å². The van der Waals surface area contributed by atoms with Gasteiger partial charge in [-0.3, -0.25) is 9.78 Å². The van der Waals surface area contributed by atoms with Gasteiger partial charge in [-0.05, 0) is 17.7 Å². The van der Waals surface area contributed by atoms with Gasteiger partial charge < -0.3 is 5.11 Å². The van der Waals surface area contributed by atoms with E-state index in [4.69, 9.17) is 23.2 Å². The molecule has 0 saturated heterocycles. The lowest BCUT2D eigenvalue weighted by Gasteiger charge is -2.06. The van der Waals surface area contributed by atoms with Crippen LogP contribution in [0.4, 0.5) is 0 Å². The molecule has 3 aromatic rings. The van der Waals surface area contributed by atoms with Gasteiger partial charge in [-0.25, -0.2) is 0 Å². The van der Waals surface area contributed by atoms with Gasteiger partial charge in [0.15, 0.2) is 0 Å². The molecule has 6 nitrogen and oxygen atoms in total. The van der Waals surface area contributed by atoms with Gasteiger partial charge >= 0.3 is 0 Å². The second-order valence-corrected chi connectivity index (χ2v) is 4.49. The Morgan fingerprint density at radius 3 is 2.74 bits per heavy atom. The van der Waals surface area contributed by atoms with E-state index in [2.05, 4.69) is 15.1 Å². The summed E-state index contributed by atoms with van der Waals surface area (Å²) in [4.78, 5) is 18.3. The zero-order valence-electron chi connectivity index (χ0n) is 9.26. The van der Waals surface area contributed by atoms with Crippen molar-refractivity contribution in [3.63, 3.8) is 0 Å². The summed E-state index contributed by atoms with van der Waals surface area (Å²) in [7, 11) is 0. The summed E-state index contributed by atoms with van der Waals surface area (Å²) in [6, 6.07) is 6.67. The van der Waals surface area contributed by atoms with Gasteiger partial charge in [0, 0.05) is 10.6 Å². The number of hydrogen-bond donors (Lipinski definition) is 2. The van der Waals surface area contributed by atoms with E-state index in [0.717, 1.165) is 4.52 Å². The number of H-pyrrole nitrogens is 1. The number of aromatic nitrogens is 4. The number of nitrogens with one attached hydrogen (secondary N) is 1. The molecule has 0 atom stereocenters. The van der Waals surface area contributed by atoms with Gasteiger partial charge in [-0.2, -0.15) is 9.50 Å². The number of fused-ring (bicyclic) bond motifs is 1. The van der Waals surface area contributed by atoms with Crippen molar-refractivity contribution in [2.75, 3.05) is 0 Å². The van der Waals surface area contributed by atoms with Crippen LogP contribution >= 0.6 is 23.2 Å². The molecular weight excluding hydrogens is 291 g/mol. The summed E-state index contributed by atoms with van der Waals surface area (Å²) in [5.41, 5.74) is -0.113. The number of aromatic amines is 1. The molecule has 96 valence electrons. The van der Waals surface area contributed by atoms with Crippen molar-refractivity contribution in [3.05, 3.63) is 44.9 Å². The monoisotopic (exact) mass is 296 g/mol. The quantitative estimate of drug-likeness (QED) is 0.720. The fourth-order valence-electron chi connectivity index (χ4n) is 1.79. The fraction of sp³-hybridized carbons (Fsp3) is 0. The van der Waals surface area contributed by atoms with Crippen LogP contribution in [0.3, 0.4) is 0 Å².